The van der Waals surface area contributed by atoms with Crippen molar-refractivity contribution < 1.29 is 14.3 Å². The zero-order valence-corrected chi connectivity index (χ0v) is 14.6. The van der Waals surface area contributed by atoms with Gasteiger partial charge in [-0.2, -0.15) is 0 Å². The molecule has 1 aromatic carbocycles. The van der Waals surface area contributed by atoms with Gasteiger partial charge >= 0.3 is 0 Å². The summed E-state index contributed by atoms with van der Waals surface area (Å²) in [5, 5.41) is 0. The van der Waals surface area contributed by atoms with Crippen LogP contribution in [-0.4, -0.2) is 53.9 Å². The highest BCUT2D eigenvalue weighted by Crippen LogP contribution is 2.37. The Morgan fingerprint density at radius 3 is 2.46 bits per heavy atom. The smallest absolute Gasteiger partial charge is 0.257 e. The molecule has 1 aromatic rings. The molecule has 0 N–H and O–H groups in total. The summed E-state index contributed by atoms with van der Waals surface area (Å²) in [6.07, 6.45) is 5.44. The Bertz CT molecular complexity index is 623. The van der Waals surface area contributed by atoms with Crippen molar-refractivity contribution in [3.63, 3.8) is 0 Å². The van der Waals surface area contributed by atoms with Crippen molar-refractivity contribution in [1.82, 2.24) is 9.80 Å². The SMILES string of the molecule is COc1ccccc1C(=O)N1CCN(C(C)=O)C2(CCCCC2)C1. The lowest BCUT2D eigenvalue weighted by Crippen LogP contribution is -2.65. The molecule has 1 saturated heterocycles. The Morgan fingerprint density at radius 2 is 1.79 bits per heavy atom. The molecule has 3 rings (SSSR count). The maximum Gasteiger partial charge on any atom is 0.257 e. The van der Waals surface area contributed by atoms with Crippen LogP contribution in [0.4, 0.5) is 0 Å². The number of benzene rings is 1. The normalized spacial score (nSPS) is 20.1. The molecule has 1 aliphatic heterocycles. The van der Waals surface area contributed by atoms with E-state index >= 15 is 0 Å². The van der Waals surface area contributed by atoms with Crippen molar-refractivity contribution >= 4 is 11.8 Å². The zero-order valence-electron chi connectivity index (χ0n) is 14.6. The molecule has 0 radical (unpaired) electrons. The van der Waals surface area contributed by atoms with Crippen molar-refractivity contribution in [2.24, 2.45) is 0 Å². The van der Waals surface area contributed by atoms with E-state index in [0.717, 1.165) is 25.7 Å². The minimum absolute atomic E-state index is 0.000556. The average molecular weight is 330 g/mol. The van der Waals surface area contributed by atoms with Gasteiger partial charge in [-0.05, 0) is 25.0 Å². The van der Waals surface area contributed by atoms with Crippen molar-refractivity contribution in [2.45, 2.75) is 44.6 Å². The topological polar surface area (TPSA) is 49.9 Å². The molecule has 0 unspecified atom stereocenters. The highest BCUT2D eigenvalue weighted by atomic mass is 16.5. The van der Waals surface area contributed by atoms with Crippen molar-refractivity contribution in [2.75, 3.05) is 26.7 Å². The van der Waals surface area contributed by atoms with Crippen molar-refractivity contribution in [1.29, 1.82) is 0 Å². The molecule has 5 nitrogen and oxygen atoms in total. The number of carbonyl (C=O) groups is 2. The first-order chi connectivity index (χ1) is 11.6. The van der Waals surface area contributed by atoms with Crippen LogP contribution in [0.1, 0.15) is 49.4 Å². The van der Waals surface area contributed by atoms with Gasteiger partial charge in [0.15, 0.2) is 0 Å². The van der Waals surface area contributed by atoms with Gasteiger partial charge in [0.25, 0.3) is 5.91 Å². The van der Waals surface area contributed by atoms with Crippen LogP contribution in [0.3, 0.4) is 0 Å². The van der Waals surface area contributed by atoms with E-state index in [1.54, 1.807) is 14.0 Å². The summed E-state index contributed by atoms with van der Waals surface area (Å²) < 4.78 is 5.34. The first kappa shape index (κ1) is 16.8. The maximum absolute atomic E-state index is 13.0. The van der Waals surface area contributed by atoms with E-state index in [4.69, 9.17) is 4.74 Å². The Kier molecular flexibility index (Phi) is 4.78. The third kappa shape index (κ3) is 2.99. The summed E-state index contributed by atoms with van der Waals surface area (Å²) in [5.41, 5.74) is 0.419. The number of methoxy groups -OCH3 is 1. The molecule has 0 atom stereocenters. The van der Waals surface area contributed by atoms with Crippen LogP contribution in [0.25, 0.3) is 0 Å². The fraction of sp³-hybridized carbons (Fsp3) is 0.579. The molecular formula is C19H26N2O3. The summed E-state index contributed by atoms with van der Waals surface area (Å²) in [5.74, 6) is 0.732. The lowest BCUT2D eigenvalue weighted by molar-refractivity contribution is -0.141. The quantitative estimate of drug-likeness (QED) is 0.838. The number of carbonyl (C=O) groups excluding carboxylic acids is 2. The van der Waals surface area contributed by atoms with Gasteiger partial charge in [-0.1, -0.05) is 31.4 Å². The van der Waals surface area contributed by atoms with Gasteiger partial charge in [0.05, 0.1) is 18.2 Å². The van der Waals surface area contributed by atoms with Gasteiger partial charge in [-0.3, -0.25) is 9.59 Å². The van der Waals surface area contributed by atoms with Gasteiger partial charge < -0.3 is 14.5 Å². The van der Waals surface area contributed by atoms with Crippen LogP contribution >= 0.6 is 0 Å². The van der Waals surface area contributed by atoms with Crippen LogP contribution in [0, 0.1) is 0 Å². The highest BCUT2D eigenvalue weighted by molar-refractivity contribution is 5.97. The first-order valence-electron chi connectivity index (χ1n) is 8.78. The van der Waals surface area contributed by atoms with Crippen LogP contribution < -0.4 is 4.74 Å². The number of para-hydroxylation sites is 1. The van der Waals surface area contributed by atoms with E-state index in [1.165, 1.54) is 6.42 Å². The molecule has 2 aliphatic rings. The van der Waals surface area contributed by atoms with E-state index in [1.807, 2.05) is 34.1 Å². The largest absolute Gasteiger partial charge is 0.496 e. The van der Waals surface area contributed by atoms with Crippen LogP contribution in [0.5, 0.6) is 5.75 Å². The zero-order chi connectivity index (χ0) is 17.2. The maximum atomic E-state index is 13.0. The van der Waals surface area contributed by atoms with E-state index in [-0.39, 0.29) is 17.4 Å². The van der Waals surface area contributed by atoms with Gasteiger partial charge in [-0.25, -0.2) is 0 Å². The van der Waals surface area contributed by atoms with Crippen molar-refractivity contribution in [3.8, 4) is 5.75 Å². The standard InChI is InChI=1S/C19H26N2O3/c1-15(22)21-13-12-20(14-19(21)10-6-3-7-11-19)18(23)16-8-4-5-9-17(16)24-2/h4-5,8-9H,3,6-7,10-14H2,1-2H3. The summed E-state index contributed by atoms with van der Waals surface area (Å²) in [7, 11) is 1.59. The Labute approximate surface area is 143 Å². The van der Waals surface area contributed by atoms with E-state index in [2.05, 4.69) is 0 Å². The van der Waals surface area contributed by atoms with E-state index in [0.29, 0.717) is 30.9 Å². The fourth-order valence-corrected chi connectivity index (χ4v) is 4.27. The van der Waals surface area contributed by atoms with Gasteiger partial charge in [0, 0.05) is 26.6 Å². The number of amides is 2. The Balaban J connectivity index is 1.85. The molecule has 1 saturated carbocycles. The van der Waals surface area contributed by atoms with Crippen molar-refractivity contribution in [3.05, 3.63) is 29.8 Å². The van der Waals surface area contributed by atoms with E-state index < -0.39 is 0 Å². The first-order valence-corrected chi connectivity index (χ1v) is 8.78. The number of nitrogens with zero attached hydrogens (tertiary/aromatic N) is 2. The monoisotopic (exact) mass is 330 g/mol. The third-order valence-corrected chi connectivity index (χ3v) is 5.44. The summed E-state index contributed by atoms with van der Waals surface area (Å²) in [6, 6.07) is 7.35. The molecule has 0 bridgehead atoms. The van der Waals surface area contributed by atoms with Crippen LogP contribution in [-0.2, 0) is 4.79 Å². The predicted molar refractivity (Wildman–Crippen MR) is 92.1 cm³/mol. The molecular weight excluding hydrogens is 304 g/mol. The Hall–Kier alpha value is -2.04. The molecule has 1 aliphatic carbocycles. The fourth-order valence-electron chi connectivity index (χ4n) is 4.27. The number of hydrogen-bond donors (Lipinski definition) is 0. The molecule has 1 spiro atoms. The molecule has 0 aromatic heterocycles. The second-order valence-corrected chi connectivity index (χ2v) is 6.88. The molecule has 2 amide bonds. The average Bonchev–Trinajstić information content (AvgIpc) is 2.61. The van der Waals surface area contributed by atoms with Gasteiger partial charge in [0.2, 0.25) is 5.91 Å². The number of piperazine rings is 1. The number of hydrogen-bond acceptors (Lipinski definition) is 3. The minimum Gasteiger partial charge on any atom is -0.496 e. The summed E-state index contributed by atoms with van der Waals surface area (Å²) in [6.45, 7) is 3.48. The second kappa shape index (κ2) is 6.83. The van der Waals surface area contributed by atoms with Crippen LogP contribution in [0.2, 0.25) is 0 Å². The van der Waals surface area contributed by atoms with E-state index in [9.17, 15) is 9.59 Å². The second-order valence-electron chi connectivity index (χ2n) is 6.88. The lowest BCUT2D eigenvalue weighted by atomic mass is 9.78. The molecule has 2 fully saturated rings. The molecule has 130 valence electrons. The summed E-state index contributed by atoms with van der Waals surface area (Å²) >= 11 is 0. The molecule has 24 heavy (non-hydrogen) atoms. The number of rotatable bonds is 2. The minimum atomic E-state index is -0.181. The molecule has 5 heteroatoms. The molecule has 1 heterocycles. The Morgan fingerprint density at radius 1 is 1.08 bits per heavy atom. The number of ether oxygens (including phenoxy) is 1. The summed E-state index contributed by atoms with van der Waals surface area (Å²) in [4.78, 5) is 29.1. The van der Waals surface area contributed by atoms with Gasteiger partial charge in [0.1, 0.15) is 5.75 Å². The van der Waals surface area contributed by atoms with Crippen LogP contribution in [0.15, 0.2) is 24.3 Å². The lowest BCUT2D eigenvalue weighted by Gasteiger charge is -2.52. The highest BCUT2D eigenvalue weighted by Gasteiger charge is 2.45. The third-order valence-electron chi connectivity index (χ3n) is 5.44. The predicted octanol–water partition coefficient (Wildman–Crippen LogP) is 2.70. The van der Waals surface area contributed by atoms with Gasteiger partial charge in [-0.15, -0.1) is 0 Å².